The number of hydrogen-bond donors (Lipinski definition) is 0. The molecule has 2 heterocycles. The number of furan rings is 1. The van der Waals surface area contributed by atoms with Crippen molar-refractivity contribution in [2.24, 2.45) is 12.5 Å². The molecule has 0 atom stereocenters. The molecule has 5 aromatic rings. The van der Waals surface area contributed by atoms with Crippen LogP contribution in [0.2, 0.25) is 0 Å². The van der Waals surface area contributed by atoms with Crippen LogP contribution < -0.4 is 4.57 Å². The summed E-state index contributed by atoms with van der Waals surface area (Å²) >= 11 is 0. The number of benzene rings is 3. The molecule has 3 nitrogen and oxygen atoms in total. The highest BCUT2D eigenvalue weighted by atomic mass is 16.3. The number of aromatic nitrogens is 2. The zero-order valence-corrected chi connectivity index (χ0v) is 19.9. The Bertz CT molecular complexity index is 1670. The first-order chi connectivity index (χ1) is 15.9. The van der Waals surface area contributed by atoms with E-state index in [2.05, 4.69) is 58.2 Å². The molecule has 6 rings (SSSR count). The first-order valence-corrected chi connectivity index (χ1v) is 11.4. The van der Waals surface area contributed by atoms with E-state index >= 15 is 0 Å². The summed E-state index contributed by atoms with van der Waals surface area (Å²) in [6.07, 6.45) is 2.00. The van der Waals surface area contributed by atoms with E-state index in [1.807, 2.05) is 48.3 Å². The van der Waals surface area contributed by atoms with E-state index < -0.39 is 0 Å². The van der Waals surface area contributed by atoms with Crippen molar-refractivity contribution in [3.8, 4) is 5.69 Å². The van der Waals surface area contributed by atoms with Gasteiger partial charge in [0.2, 0.25) is 6.33 Å². The van der Waals surface area contributed by atoms with Gasteiger partial charge in [0, 0.05) is 10.8 Å². The summed E-state index contributed by atoms with van der Waals surface area (Å²) in [7, 11) is 1.98. The Labute approximate surface area is 192 Å². The van der Waals surface area contributed by atoms with E-state index in [-0.39, 0.29) is 16.2 Å². The summed E-state index contributed by atoms with van der Waals surface area (Å²) < 4.78 is 28.9. The van der Waals surface area contributed by atoms with Gasteiger partial charge in [-0.1, -0.05) is 59.7 Å². The third-order valence-electron chi connectivity index (χ3n) is 8.86. The molecule has 0 saturated heterocycles. The molecule has 1 aliphatic carbocycles. The van der Waals surface area contributed by atoms with Crippen LogP contribution in [0.25, 0.3) is 38.7 Å². The highest BCUT2D eigenvalue weighted by Gasteiger charge is 2.57. The first kappa shape index (κ1) is 17.5. The highest BCUT2D eigenvalue weighted by molar-refractivity contribution is 6.05. The summed E-state index contributed by atoms with van der Waals surface area (Å²) in [4.78, 5) is 0. The minimum absolute atomic E-state index is 0.106. The fourth-order valence-corrected chi connectivity index (χ4v) is 5.60. The van der Waals surface area contributed by atoms with Gasteiger partial charge in [0.05, 0.1) is 9.79 Å². The van der Waals surface area contributed by atoms with E-state index in [1.165, 1.54) is 0 Å². The first-order valence-electron chi connectivity index (χ1n) is 12.4. The van der Waals surface area contributed by atoms with E-state index in [9.17, 15) is 2.74 Å². The summed E-state index contributed by atoms with van der Waals surface area (Å²) in [5.41, 5.74) is 5.74. The Morgan fingerprint density at radius 3 is 2.25 bits per heavy atom. The topological polar surface area (TPSA) is 21.9 Å². The van der Waals surface area contributed by atoms with Crippen molar-refractivity contribution in [3.05, 3.63) is 72.0 Å². The van der Waals surface area contributed by atoms with Crippen molar-refractivity contribution in [1.82, 2.24) is 4.57 Å². The van der Waals surface area contributed by atoms with Crippen molar-refractivity contribution in [2.75, 3.05) is 0 Å². The Hall–Kier alpha value is -3.07. The molecular weight excluding hydrogens is 392 g/mol. The van der Waals surface area contributed by atoms with E-state index in [0.29, 0.717) is 12.1 Å². The SMILES string of the molecule is [2H]c1c2c(c([2H])c3c1n(-c1ccc4oc5ccccc5c4c1)c[n+]3C)C(C)(C)C(C)(C)C2(C)C. The summed E-state index contributed by atoms with van der Waals surface area (Å²) in [5, 5.41) is 2.14. The van der Waals surface area contributed by atoms with Gasteiger partial charge in [0.1, 0.15) is 16.9 Å². The van der Waals surface area contributed by atoms with Crippen LogP contribution in [0.1, 0.15) is 55.4 Å². The molecule has 0 amide bonds. The van der Waals surface area contributed by atoms with Gasteiger partial charge in [-0.05, 0) is 63.7 Å². The standard InChI is InChI=1S/C29H31N2O/c1-27(2)21-15-23-24(16-22(21)28(3,4)29(27,5)6)31(17-30(23)7)18-12-13-26-20(14-18)19-10-8-9-11-25(19)32-26/h8-17H,1-7H3/q+1/i15D,16D. The van der Waals surface area contributed by atoms with E-state index in [0.717, 1.165) is 49.8 Å². The lowest BCUT2D eigenvalue weighted by Crippen LogP contribution is -2.42. The molecule has 162 valence electrons. The zero-order chi connectivity index (χ0) is 24.4. The van der Waals surface area contributed by atoms with Crippen LogP contribution in [0, 0.1) is 5.41 Å². The predicted molar refractivity (Wildman–Crippen MR) is 132 cm³/mol. The molecule has 32 heavy (non-hydrogen) atoms. The molecule has 2 aromatic heterocycles. The molecule has 1 aliphatic rings. The minimum atomic E-state index is -0.245. The van der Waals surface area contributed by atoms with Crippen molar-refractivity contribution >= 4 is 33.0 Å². The van der Waals surface area contributed by atoms with Gasteiger partial charge in [-0.3, -0.25) is 0 Å². The molecule has 0 saturated carbocycles. The molecule has 3 aromatic carbocycles. The van der Waals surface area contributed by atoms with Gasteiger partial charge in [0.25, 0.3) is 0 Å². The predicted octanol–water partition coefficient (Wildman–Crippen LogP) is 6.95. The van der Waals surface area contributed by atoms with Crippen LogP contribution in [0.15, 0.2) is 65.3 Å². The Morgan fingerprint density at radius 2 is 1.50 bits per heavy atom. The Balaban J connectivity index is 1.72. The van der Waals surface area contributed by atoms with E-state index in [4.69, 9.17) is 4.42 Å². The van der Waals surface area contributed by atoms with Crippen LogP contribution in [0.5, 0.6) is 0 Å². The van der Waals surface area contributed by atoms with Crippen molar-refractivity contribution in [2.45, 2.75) is 52.4 Å². The molecule has 0 spiro atoms. The summed E-state index contributed by atoms with van der Waals surface area (Å²) in [6, 6.07) is 15.3. The van der Waals surface area contributed by atoms with Crippen LogP contribution in [-0.2, 0) is 17.9 Å². The molecule has 0 bridgehead atoms. The average molecular weight is 426 g/mol. The number of nitrogens with zero attached hydrogens (tertiary/aromatic N) is 2. The second-order valence-corrected chi connectivity index (χ2v) is 10.9. The fraction of sp³-hybridized carbons (Fsp3) is 0.345. The zero-order valence-electron chi connectivity index (χ0n) is 21.9. The lowest BCUT2D eigenvalue weighted by Gasteiger charge is -2.44. The normalized spacial score (nSPS) is 19.5. The molecular formula is C29H31N2O+. The third kappa shape index (κ3) is 2.19. The smallest absolute Gasteiger partial charge is 0.249 e. The number of hydrogen-bond acceptors (Lipinski definition) is 1. The van der Waals surface area contributed by atoms with Crippen molar-refractivity contribution in [1.29, 1.82) is 0 Å². The van der Waals surface area contributed by atoms with Gasteiger partial charge in [-0.2, -0.15) is 4.57 Å². The number of para-hydroxylation sites is 1. The van der Waals surface area contributed by atoms with Crippen LogP contribution in [0.3, 0.4) is 0 Å². The number of imidazole rings is 1. The van der Waals surface area contributed by atoms with Gasteiger partial charge >= 0.3 is 0 Å². The molecule has 3 heteroatoms. The number of fused-ring (bicyclic) bond motifs is 5. The minimum Gasteiger partial charge on any atom is -0.456 e. The lowest BCUT2D eigenvalue weighted by atomic mass is 9.59. The second kappa shape index (κ2) is 5.83. The summed E-state index contributed by atoms with van der Waals surface area (Å²) in [5.74, 6) is 0. The van der Waals surface area contributed by atoms with Crippen LogP contribution in [-0.4, -0.2) is 4.57 Å². The highest BCUT2D eigenvalue weighted by Crippen LogP contribution is 2.61. The number of aryl methyl sites for hydroxylation is 1. The van der Waals surface area contributed by atoms with Gasteiger partial charge in [-0.15, -0.1) is 0 Å². The lowest BCUT2D eigenvalue weighted by molar-refractivity contribution is -0.645. The molecule has 0 aliphatic heterocycles. The maximum Gasteiger partial charge on any atom is 0.249 e. The monoisotopic (exact) mass is 425 g/mol. The summed E-state index contributed by atoms with van der Waals surface area (Å²) in [6.45, 7) is 13.5. The van der Waals surface area contributed by atoms with Crippen LogP contribution >= 0.6 is 0 Å². The molecule has 0 N–H and O–H groups in total. The van der Waals surface area contributed by atoms with Crippen molar-refractivity contribution in [3.63, 3.8) is 0 Å². The maximum absolute atomic E-state index is 9.46. The second-order valence-electron chi connectivity index (χ2n) is 10.9. The number of rotatable bonds is 1. The fourth-order valence-electron chi connectivity index (χ4n) is 5.60. The third-order valence-corrected chi connectivity index (χ3v) is 8.86. The van der Waals surface area contributed by atoms with Gasteiger partial charge in [0.15, 0.2) is 11.0 Å². The average Bonchev–Trinajstić information content (AvgIpc) is 3.35. The molecule has 0 unspecified atom stereocenters. The van der Waals surface area contributed by atoms with E-state index in [1.54, 1.807) is 0 Å². The quantitative estimate of drug-likeness (QED) is 0.266. The van der Waals surface area contributed by atoms with Crippen LogP contribution in [0.4, 0.5) is 0 Å². The Kier molecular flexibility index (Phi) is 3.19. The maximum atomic E-state index is 9.46. The molecule has 0 radical (unpaired) electrons. The largest absolute Gasteiger partial charge is 0.456 e. The molecule has 0 fully saturated rings. The van der Waals surface area contributed by atoms with Gasteiger partial charge < -0.3 is 4.42 Å². The van der Waals surface area contributed by atoms with Crippen molar-refractivity contribution < 1.29 is 11.7 Å². The Morgan fingerprint density at radius 1 is 0.844 bits per heavy atom. The van der Waals surface area contributed by atoms with Gasteiger partial charge in [-0.25, -0.2) is 4.57 Å².